The van der Waals surface area contributed by atoms with Gasteiger partial charge >= 0.3 is 0 Å². The summed E-state index contributed by atoms with van der Waals surface area (Å²) in [5.74, 6) is 1.02. The highest BCUT2D eigenvalue weighted by atomic mass is 15.3. The first-order valence-corrected chi connectivity index (χ1v) is 12.6. The lowest BCUT2D eigenvalue weighted by Gasteiger charge is -2.29. The molecule has 2 unspecified atom stereocenters. The Bertz CT molecular complexity index is 1650. The van der Waals surface area contributed by atoms with Crippen LogP contribution in [-0.2, 0) is 0 Å². The number of hydrogen-bond acceptors (Lipinski definition) is 2. The highest BCUT2D eigenvalue weighted by molar-refractivity contribution is 6.17. The first-order valence-electron chi connectivity index (χ1n) is 12.6. The van der Waals surface area contributed by atoms with Crippen LogP contribution < -0.4 is 4.90 Å². The fourth-order valence-corrected chi connectivity index (χ4v) is 5.85. The van der Waals surface area contributed by atoms with Gasteiger partial charge < -0.3 is 4.90 Å². The SMILES string of the molecule is Cc1c2ccccc2c(-c2cccc(C3=NC4C=CC=CC4N3c3ccccc3)c2)c2ccccc12. The monoisotopic (exact) mass is 462 g/mol. The number of aryl methyl sites for hydroxylation is 1. The molecule has 0 fully saturated rings. The largest absolute Gasteiger partial charge is 0.317 e. The summed E-state index contributed by atoms with van der Waals surface area (Å²) in [7, 11) is 0. The molecule has 172 valence electrons. The van der Waals surface area contributed by atoms with Crippen molar-refractivity contribution in [3.8, 4) is 11.1 Å². The minimum atomic E-state index is 0.120. The summed E-state index contributed by atoms with van der Waals surface area (Å²) in [4.78, 5) is 7.60. The lowest BCUT2D eigenvalue weighted by molar-refractivity contribution is 0.739. The van der Waals surface area contributed by atoms with Crippen LogP contribution >= 0.6 is 0 Å². The van der Waals surface area contributed by atoms with Crippen molar-refractivity contribution in [2.75, 3.05) is 4.90 Å². The summed E-state index contributed by atoms with van der Waals surface area (Å²) in [6.45, 7) is 2.23. The highest BCUT2D eigenvalue weighted by Gasteiger charge is 2.35. The number of anilines is 1. The third kappa shape index (κ3) is 3.22. The summed E-state index contributed by atoms with van der Waals surface area (Å²) in [6.07, 6.45) is 8.71. The average Bonchev–Trinajstić information content (AvgIpc) is 3.34. The van der Waals surface area contributed by atoms with Gasteiger partial charge in [0.25, 0.3) is 0 Å². The van der Waals surface area contributed by atoms with Crippen LogP contribution in [0.4, 0.5) is 5.69 Å². The van der Waals surface area contributed by atoms with Gasteiger partial charge in [-0.3, -0.25) is 4.99 Å². The Kier molecular flexibility index (Phi) is 4.85. The molecular weight excluding hydrogens is 436 g/mol. The zero-order valence-electron chi connectivity index (χ0n) is 20.2. The van der Waals surface area contributed by atoms with Crippen molar-refractivity contribution < 1.29 is 0 Å². The second kappa shape index (κ2) is 8.35. The van der Waals surface area contributed by atoms with Crippen molar-refractivity contribution >= 4 is 33.1 Å². The maximum Gasteiger partial charge on any atom is 0.136 e. The van der Waals surface area contributed by atoms with Crippen LogP contribution in [0.3, 0.4) is 0 Å². The van der Waals surface area contributed by atoms with Gasteiger partial charge in [0.15, 0.2) is 0 Å². The number of allylic oxidation sites excluding steroid dienone is 2. The Morgan fingerprint density at radius 1 is 0.611 bits per heavy atom. The summed E-state index contributed by atoms with van der Waals surface area (Å²) in [5, 5.41) is 5.20. The van der Waals surface area contributed by atoms with Gasteiger partial charge in [0, 0.05) is 11.3 Å². The van der Waals surface area contributed by atoms with Gasteiger partial charge in [-0.1, -0.05) is 109 Å². The van der Waals surface area contributed by atoms with Gasteiger partial charge in [0.1, 0.15) is 5.84 Å². The molecule has 0 N–H and O–H groups in total. The molecule has 0 saturated carbocycles. The van der Waals surface area contributed by atoms with Crippen molar-refractivity contribution in [2.45, 2.75) is 19.0 Å². The molecule has 0 bridgehead atoms. The van der Waals surface area contributed by atoms with E-state index in [0.717, 1.165) is 11.4 Å². The normalized spacial score (nSPS) is 18.6. The molecule has 2 heteroatoms. The second-order valence-corrected chi connectivity index (χ2v) is 9.58. The molecule has 2 nitrogen and oxygen atoms in total. The number of hydrogen-bond donors (Lipinski definition) is 0. The number of aliphatic imine (C=N–C) groups is 1. The van der Waals surface area contributed by atoms with E-state index in [9.17, 15) is 0 Å². The van der Waals surface area contributed by atoms with Crippen molar-refractivity contribution in [3.05, 3.63) is 139 Å². The van der Waals surface area contributed by atoms with E-state index in [2.05, 4.69) is 139 Å². The third-order valence-corrected chi connectivity index (χ3v) is 7.52. The number of amidine groups is 1. The van der Waals surface area contributed by atoms with Crippen LogP contribution in [0.15, 0.2) is 132 Å². The smallest absolute Gasteiger partial charge is 0.136 e. The van der Waals surface area contributed by atoms with Crippen LogP contribution in [0.1, 0.15) is 11.1 Å². The topological polar surface area (TPSA) is 15.6 Å². The molecule has 0 spiro atoms. The van der Waals surface area contributed by atoms with Crippen molar-refractivity contribution in [1.82, 2.24) is 0 Å². The van der Waals surface area contributed by atoms with E-state index < -0.39 is 0 Å². The molecule has 36 heavy (non-hydrogen) atoms. The molecule has 1 heterocycles. The number of benzene rings is 5. The van der Waals surface area contributed by atoms with Crippen LogP contribution in [0.5, 0.6) is 0 Å². The summed E-state index contributed by atoms with van der Waals surface area (Å²) in [6, 6.07) is 37.4. The summed E-state index contributed by atoms with van der Waals surface area (Å²) < 4.78 is 0. The van der Waals surface area contributed by atoms with Gasteiger partial charge in [-0.25, -0.2) is 0 Å². The van der Waals surface area contributed by atoms with Crippen LogP contribution in [0, 0.1) is 6.92 Å². The van der Waals surface area contributed by atoms with E-state index in [4.69, 9.17) is 4.99 Å². The van der Waals surface area contributed by atoms with Crippen molar-refractivity contribution in [2.24, 2.45) is 4.99 Å². The molecule has 1 aliphatic carbocycles. The molecule has 1 aliphatic heterocycles. The Morgan fingerprint density at radius 3 is 1.94 bits per heavy atom. The zero-order valence-corrected chi connectivity index (χ0v) is 20.2. The summed E-state index contributed by atoms with van der Waals surface area (Å²) in [5.41, 5.74) is 6.15. The third-order valence-electron chi connectivity index (χ3n) is 7.52. The predicted molar refractivity (Wildman–Crippen MR) is 153 cm³/mol. The van der Waals surface area contributed by atoms with E-state index in [1.54, 1.807) is 0 Å². The fourth-order valence-electron chi connectivity index (χ4n) is 5.85. The van der Waals surface area contributed by atoms with Gasteiger partial charge in [-0.15, -0.1) is 0 Å². The molecule has 5 aromatic rings. The van der Waals surface area contributed by atoms with Gasteiger partial charge in [0.05, 0.1) is 12.1 Å². The van der Waals surface area contributed by atoms with Crippen molar-refractivity contribution in [3.63, 3.8) is 0 Å². The number of para-hydroxylation sites is 1. The molecular formula is C34H26N2. The molecule has 7 rings (SSSR count). The zero-order chi connectivity index (χ0) is 24.1. The number of rotatable bonds is 3. The molecule has 5 aromatic carbocycles. The number of nitrogens with zero attached hydrogens (tertiary/aromatic N) is 2. The number of fused-ring (bicyclic) bond motifs is 3. The quantitative estimate of drug-likeness (QED) is 0.247. The maximum absolute atomic E-state index is 5.22. The maximum atomic E-state index is 5.22. The van der Waals surface area contributed by atoms with Crippen molar-refractivity contribution in [1.29, 1.82) is 0 Å². The Balaban J connectivity index is 1.44. The molecule has 2 aliphatic rings. The van der Waals surface area contributed by atoms with E-state index in [1.807, 2.05) is 0 Å². The molecule has 0 radical (unpaired) electrons. The lowest BCUT2D eigenvalue weighted by atomic mass is 9.88. The molecule has 0 saturated heterocycles. The van der Waals surface area contributed by atoms with E-state index in [-0.39, 0.29) is 12.1 Å². The summed E-state index contributed by atoms with van der Waals surface area (Å²) >= 11 is 0. The van der Waals surface area contributed by atoms with Crippen LogP contribution in [0.25, 0.3) is 32.7 Å². The van der Waals surface area contributed by atoms with E-state index in [1.165, 1.54) is 43.9 Å². The van der Waals surface area contributed by atoms with Crippen LogP contribution in [0.2, 0.25) is 0 Å². The second-order valence-electron chi connectivity index (χ2n) is 9.58. The minimum absolute atomic E-state index is 0.120. The first-order chi connectivity index (χ1) is 17.8. The predicted octanol–water partition coefficient (Wildman–Crippen LogP) is 8.10. The molecule has 0 amide bonds. The highest BCUT2D eigenvalue weighted by Crippen LogP contribution is 2.40. The Labute approximate surface area is 211 Å². The van der Waals surface area contributed by atoms with E-state index in [0.29, 0.717) is 0 Å². The first kappa shape index (κ1) is 20.9. The molecule has 2 atom stereocenters. The van der Waals surface area contributed by atoms with Gasteiger partial charge in [0.2, 0.25) is 0 Å². The van der Waals surface area contributed by atoms with Crippen LogP contribution in [-0.4, -0.2) is 17.9 Å². The fraction of sp³-hybridized carbons (Fsp3) is 0.0882. The van der Waals surface area contributed by atoms with Gasteiger partial charge in [-0.2, -0.15) is 0 Å². The minimum Gasteiger partial charge on any atom is -0.317 e. The Morgan fingerprint density at radius 2 is 1.22 bits per heavy atom. The standard InChI is InChI=1S/C34H26N2/c1-23-27-16-5-7-18-29(27)33(30-19-8-6-17-28(23)30)24-12-11-13-25(22-24)34-35-31-20-9-10-21-32(31)36(34)26-14-3-2-4-15-26/h2-22,31-32H,1H3. The average molecular weight is 463 g/mol. The van der Waals surface area contributed by atoms with E-state index >= 15 is 0 Å². The van der Waals surface area contributed by atoms with Gasteiger partial charge in [-0.05, 0) is 63.4 Å². The molecule has 0 aromatic heterocycles. The lowest BCUT2D eigenvalue weighted by Crippen LogP contribution is -2.39. The Hall–Kier alpha value is -4.43.